The highest BCUT2D eigenvalue weighted by molar-refractivity contribution is 4.76. The third kappa shape index (κ3) is 2.96. The lowest BCUT2D eigenvalue weighted by Gasteiger charge is -2.29. The van der Waals surface area contributed by atoms with Crippen molar-refractivity contribution in [1.82, 2.24) is 5.32 Å². The van der Waals surface area contributed by atoms with E-state index in [0.29, 0.717) is 6.04 Å². The average molecular weight is 183 g/mol. The summed E-state index contributed by atoms with van der Waals surface area (Å²) < 4.78 is 5.46. The molecule has 0 aromatic rings. The van der Waals surface area contributed by atoms with E-state index in [1.54, 1.807) is 0 Å². The molecular formula is C11H21NO. The monoisotopic (exact) mass is 183 g/mol. The van der Waals surface area contributed by atoms with E-state index >= 15 is 0 Å². The summed E-state index contributed by atoms with van der Waals surface area (Å²) in [5, 5.41) is 3.54. The largest absolute Gasteiger partial charge is 0.379 e. The van der Waals surface area contributed by atoms with Crippen LogP contribution in [0.1, 0.15) is 38.5 Å². The van der Waals surface area contributed by atoms with Crippen LogP contribution in [0.25, 0.3) is 0 Å². The van der Waals surface area contributed by atoms with Gasteiger partial charge in [-0.2, -0.15) is 0 Å². The summed E-state index contributed by atoms with van der Waals surface area (Å²) in [6.45, 7) is 2.90. The normalized spacial score (nSPS) is 31.8. The molecule has 2 heteroatoms. The zero-order valence-corrected chi connectivity index (χ0v) is 8.43. The summed E-state index contributed by atoms with van der Waals surface area (Å²) in [6.07, 6.45) is 8.64. The van der Waals surface area contributed by atoms with Gasteiger partial charge in [0.05, 0.1) is 13.2 Å². The number of rotatable bonds is 2. The zero-order chi connectivity index (χ0) is 8.93. The van der Waals surface area contributed by atoms with Crippen molar-refractivity contribution in [2.24, 2.45) is 5.92 Å². The van der Waals surface area contributed by atoms with E-state index < -0.39 is 0 Å². The maximum Gasteiger partial charge on any atom is 0.0620 e. The summed E-state index contributed by atoms with van der Waals surface area (Å²) in [4.78, 5) is 0. The lowest BCUT2D eigenvalue weighted by atomic mass is 9.85. The van der Waals surface area contributed by atoms with Gasteiger partial charge in [-0.1, -0.05) is 32.1 Å². The first kappa shape index (κ1) is 9.47. The van der Waals surface area contributed by atoms with Crippen molar-refractivity contribution >= 4 is 0 Å². The Hall–Kier alpha value is -0.0800. The second-order valence-electron chi connectivity index (χ2n) is 4.47. The molecule has 0 amide bonds. The maximum atomic E-state index is 5.46. The summed E-state index contributed by atoms with van der Waals surface area (Å²) in [7, 11) is 0. The lowest BCUT2D eigenvalue weighted by Crippen LogP contribution is -2.42. The van der Waals surface area contributed by atoms with Crippen LogP contribution >= 0.6 is 0 Å². The average Bonchev–Trinajstić information content (AvgIpc) is 2.21. The van der Waals surface area contributed by atoms with Gasteiger partial charge in [-0.05, 0) is 12.3 Å². The molecule has 76 valence electrons. The molecule has 0 aromatic carbocycles. The van der Waals surface area contributed by atoms with E-state index in [-0.39, 0.29) is 0 Å². The second kappa shape index (κ2) is 4.97. The van der Waals surface area contributed by atoms with Gasteiger partial charge in [0.1, 0.15) is 0 Å². The minimum atomic E-state index is 0.650. The van der Waals surface area contributed by atoms with Crippen LogP contribution in [0.15, 0.2) is 0 Å². The Morgan fingerprint density at radius 1 is 1.15 bits per heavy atom. The molecule has 2 aliphatic rings. The summed E-state index contributed by atoms with van der Waals surface area (Å²) in [6, 6.07) is 0.650. The van der Waals surface area contributed by atoms with Crippen LogP contribution in [0.2, 0.25) is 0 Å². The lowest BCUT2D eigenvalue weighted by molar-refractivity contribution is 0.0660. The number of morpholine rings is 1. The number of hydrogen-bond donors (Lipinski definition) is 1. The topological polar surface area (TPSA) is 21.3 Å². The molecule has 2 rings (SSSR count). The molecule has 0 bridgehead atoms. The second-order valence-corrected chi connectivity index (χ2v) is 4.47. The number of nitrogens with one attached hydrogen (secondary N) is 1. The third-order valence-electron chi connectivity index (χ3n) is 3.34. The van der Waals surface area contributed by atoms with Gasteiger partial charge in [0, 0.05) is 12.6 Å². The fraction of sp³-hybridized carbons (Fsp3) is 1.00. The number of ether oxygens (including phenoxy) is 1. The Balaban J connectivity index is 1.69. The van der Waals surface area contributed by atoms with Gasteiger partial charge in [0.15, 0.2) is 0 Å². The van der Waals surface area contributed by atoms with E-state index in [0.717, 1.165) is 25.7 Å². The van der Waals surface area contributed by atoms with Crippen LogP contribution in [-0.4, -0.2) is 25.8 Å². The molecule has 0 radical (unpaired) electrons. The predicted molar refractivity (Wildman–Crippen MR) is 53.8 cm³/mol. The van der Waals surface area contributed by atoms with Gasteiger partial charge >= 0.3 is 0 Å². The molecule has 0 unspecified atom stereocenters. The molecule has 1 N–H and O–H groups in total. The smallest absolute Gasteiger partial charge is 0.0620 e. The minimum absolute atomic E-state index is 0.650. The molecule has 13 heavy (non-hydrogen) atoms. The van der Waals surface area contributed by atoms with Crippen LogP contribution in [0.4, 0.5) is 0 Å². The molecule has 0 aromatic heterocycles. The first-order valence-electron chi connectivity index (χ1n) is 5.76. The predicted octanol–water partition coefficient (Wildman–Crippen LogP) is 1.95. The highest BCUT2D eigenvalue weighted by Gasteiger charge is 2.20. The molecule has 1 aliphatic carbocycles. The van der Waals surface area contributed by atoms with Gasteiger partial charge in [-0.3, -0.25) is 0 Å². The fourth-order valence-electron chi connectivity index (χ4n) is 2.60. The van der Waals surface area contributed by atoms with Crippen LogP contribution in [0, 0.1) is 5.92 Å². The summed E-state index contributed by atoms with van der Waals surface area (Å²) in [5.74, 6) is 0.980. The standard InChI is InChI=1S/C11H21NO/c1-2-4-10(5-3-1)8-11-9-13-7-6-12-11/h10-12H,1-9H2/t11-/m1/s1. The van der Waals surface area contributed by atoms with E-state index in [1.807, 2.05) is 0 Å². The van der Waals surface area contributed by atoms with Crippen LogP contribution in [0.3, 0.4) is 0 Å². The summed E-state index contributed by atoms with van der Waals surface area (Å²) in [5.41, 5.74) is 0. The first-order valence-corrected chi connectivity index (χ1v) is 5.76. The SMILES string of the molecule is C1CCC(C[C@@H]2COCCN2)CC1. The van der Waals surface area contributed by atoms with E-state index in [9.17, 15) is 0 Å². The molecule has 1 atom stereocenters. The van der Waals surface area contributed by atoms with Crippen LogP contribution in [-0.2, 0) is 4.74 Å². The minimum Gasteiger partial charge on any atom is -0.379 e. The zero-order valence-electron chi connectivity index (χ0n) is 8.43. The molecular weight excluding hydrogens is 162 g/mol. The van der Waals surface area contributed by atoms with Crippen molar-refractivity contribution in [3.05, 3.63) is 0 Å². The van der Waals surface area contributed by atoms with Gasteiger partial charge < -0.3 is 10.1 Å². The van der Waals surface area contributed by atoms with Gasteiger partial charge in [0.25, 0.3) is 0 Å². The Kier molecular flexibility index (Phi) is 3.62. The van der Waals surface area contributed by atoms with Crippen molar-refractivity contribution in [2.75, 3.05) is 19.8 Å². The molecule has 1 saturated carbocycles. The van der Waals surface area contributed by atoms with Crippen molar-refractivity contribution < 1.29 is 4.74 Å². The fourth-order valence-corrected chi connectivity index (χ4v) is 2.60. The summed E-state index contributed by atoms with van der Waals surface area (Å²) >= 11 is 0. The van der Waals surface area contributed by atoms with Crippen molar-refractivity contribution in [1.29, 1.82) is 0 Å². The Morgan fingerprint density at radius 3 is 2.69 bits per heavy atom. The highest BCUT2D eigenvalue weighted by atomic mass is 16.5. The van der Waals surface area contributed by atoms with Crippen molar-refractivity contribution in [3.8, 4) is 0 Å². The van der Waals surface area contributed by atoms with Gasteiger partial charge in [-0.15, -0.1) is 0 Å². The van der Waals surface area contributed by atoms with E-state index in [4.69, 9.17) is 4.74 Å². The first-order chi connectivity index (χ1) is 6.45. The molecule has 0 spiro atoms. The molecule has 2 nitrogen and oxygen atoms in total. The van der Waals surface area contributed by atoms with E-state index in [1.165, 1.54) is 38.5 Å². The number of hydrogen-bond acceptors (Lipinski definition) is 2. The van der Waals surface area contributed by atoms with Gasteiger partial charge in [-0.25, -0.2) is 0 Å². The third-order valence-corrected chi connectivity index (χ3v) is 3.34. The van der Waals surface area contributed by atoms with Crippen LogP contribution in [0.5, 0.6) is 0 Å². The van der Waals surface area contributed by atoms with Crippen molar-refractivity contribution in [2.45, 2.75) is 44.6 Å². The molecule has 1 heterocycles. The Morgan fingerprint density at radius 2 is 2.00 bits per heavy atom. The molecule has 2 fully saturated rings. The maximum absolute atomic E-state index is 5.46. The van der Waals surface area contributed by atoms with E-state index in [2.05, 4.69) is 5.32 Å². The highest BCUT2D eigenvalue weighted by Crippen LogP contribution is 2.27. The molecule has 1 aliphatic heterocycles. The van der Waals surface area contributed by atoms with Crippen molar-refractivity contribution in [3.63, 3.8) is 0 Å². The quantitative estimate of drug-likeness (QED) is 0.706. The Bertz CT molecular complexity index is 121. The van der Waals surface area contributed by atoms with Gasteiger partial charge in [0.2, 0.25) is 0 Å². The Labute approximate surface area is 81.0 Å². The molecule has 1 saturated heterocycles. The van der Waals surface area contributed by atoms with Crippen LogP contribution < -0.4 is 5.32 Å².